The van der Waals surface area contributed by atoms with E-state index in [0.717, 1.165) is 12.1 Å². The first-order valence-electron chi connectivity index (χ1n) is 10.2. The van der Waals surface area contributed by atoms with Crippen LogP contribution in [0, 0.1) is 0 Å². The van der Waals surface area contributed by atoms with Crippen LogP contribution in [0.1, 0.15) is 11.1 Å². The second-order valence-corrected chi connectivity index (χ2v) is 7.49. The number of nitrogens with one attached hydrogen (secondary N) is 1. The minimum Gasteiger partial charge on any atom is -0.454 e. The van der Waals surface area contributed by atoms with Crippen LogP contribution in [0.15, 0.2) is 65.3 Å². The number of fused-ring (bicyclic) bond motifs is 1. The second-order valence-electron chi connectivity index (χ2n) is 7.49. The van der Waals surface area contributed by atoms with Crippen LogP contribution in [-0.2, 0) is 24.1 Å². The summed E-state index contributed by atoms with van der Waals surface area (Å²) >= 11 is 0. The van der Waals surface area contributed by atoms with Crippen molar-refractivity contribution >= 4 is 5.91 Å². The number of aromatic nitrogens is 3. The van der Waals surface area contributed by atoms with Gasteiger partial charge in [-0.05, 0) is 48.0 Å². The number of benzene rings is 2. The molecule has 0 atom stereocenters. The Morgan fingerprint density at radius 3 is 2.76 bits per heavy atom. The first-order chi connectivity index (χ1) is 16.4. The van der Waals surface area contributed by atoms with E-state index in [-0.39, 0.29) is 31.7 Å². The van der Waals surface area contributed by atoms with E-state index in [9.17, 15) is 18.0 Å². The van der Waals surface area contributed by atoms with E-state index < -0.39 is 11.7 Å². The molecule has 11 heteroatoms. The molecule has 0 saturated heterocycles. The first kappa shape index (κ1) is 21.6. The average molecular weight is 470 g/mol. The summed E-state index contributed by atoms with van der Waals surface area (Å²) in [6, 6.07) is 13.5. The van der Waals surface area contributed by atoms with Crippen LogP contribution in [-0.4, -0.2) is 27.4 Å². The molecule has 0 bridgehead atoms. The maximum absolute atomic E-state index is 12.9. The van der Waals surface area contributed by atoms with Gasteiger partial charge in [0, 0.05) is 18.3 Å². The van der Waals surface area contributed by atoms with E-state index >= 15 is 0 Å². The van der Waals surface area contributed by atoms with E-state index in [1.54, 1.807) is 41.1 Å². The second kappa shape index (κ2) is 8.58. The molecule has 0 unspecified atom stereocenters. The Morgan fingerprint density at radius 1 is 1.06 bits per heavy atom. The predicted octanol–water partition coefficient (Wildman–Crippen LogP) is 4.27. The lowest BCUT2D eigenvalue weighted by atomic mass is 10.1. The van der Waals surface area contributed by atoms with E-state index in [2.05, 4.69) is 15.5 Å². The minimum absolute atomic E-state index is 0.0336. The molecule has 0 saturated carbocycles. The molecular formula is C23H17F3N4O4. The fraction of sp³-hybridized carbons (Fsp3) is 0.174. The largest absolute Gasteiger partial charge is 0.454 e. The number of nitrogens with zero attached hydrogens (tertiary/aromatic N) is 3. The molecule has 8 nitrogen and oxygen atoms in total. The molecule has 3 heterocycles. The lowest BCUT2D eigenvalue weighted by molar-refractivity contribution is -0.137. The third-order valence-corrected chi connectivity index (χ3v) is 5.16. The molecule has 174 valence electrons. The standard InChI is InChI=1S/C23H17F3N4O4/c24-23(25,26)16-4-1-3-14(9-16)11-27-20(31)12-30-8-2-5-17(30)22-28-21(29-34-22)15-6-7-18-19(10-15)33-13-32-18/h1-10H,11-13H2,(H,27,31). The van der Waals surface area contributed by atoms with Crippen molar-refractivity contribution in [3.8, 4) is 34.5 Å². The Kier molecular flexibility index (Phi) is 5.44. The van der Waals surface area contributed by atoms with E-state index in [1.165, 1.54) is 12.1 Å². The zero-order valence-corrected chi connectivity index (χ0v) is 17.5. The van der Waals surface area contributed by atoms with Crippen LogP contribution in [0.5, 0.6) is 11.5 Å². The quantitative estimate of drug-likeness (QED) is 0.453. The summed E-state index contributed by atoms with van der Waals surface area (Å²) in [5, 5.41) is 6.63. The highest BCUT2D eigenvalue weighted by Crippen LogP contribution is 2.35. The van der Waals surface area contributed by atoms with Gasteiger partial charge in [-0.15, -0.1) is 0 Å². The number of hydrogen-bond donors (Lipinski definition) is 1. The van der Waals surface area contributed by atoms with Crippen molar-refractivity contribution in [2.75, 3.05) is 6.79 Å². The third-order valence-electron chi connectivity index (χ3n) is 5.16. The summed E-state index contributed by atoms with van der Waals surface area (Å²) in [5.41, 5.74) is 0.785. The normalized spacial score (nSPS) is 12.7. The van der Waals surface area contributed by atoms with Gasteiger partial charge in [0.1, 0.15) is 12.2 Å². The number of carbonyl (C=O) groups is 1. The summed E-state index contributed by atoms with van der Waals surface area (Å²) in [7, 11) is 0. The van der Waals surface area contributed by atoms with Crippen molar-refractivity contribution in [1.29, 1.82) is 0 Å². The van der Waals surface area contributed by atoms with Gasteiger partial charge >= 0.3 is 6.18 Å². The molecule has 4 aromatic rings. The molecule has 1 aliphatic rings. The molecule has 5 rings (SSSR count). The summed E-state index contributed by atoms with van der Waals surface area (Å²) in [4.78, 5) is 16.8. The van der Waals surface area contributed by atoms with Crippen molar-refractivity contribution < 1.29 is 32.0 Å². The molecule has 0 radical (unpaired) electrons. The number of carbonyl (C=O) groups excluding carboxylic acids is 1. The van der Waals surface area contributed by atoms with Gasteiger partial charge in [0.2, 0.25) is 18.5 Å². The van der Waals surface area contributed by atoms with Crippen molar-refractivity contribution in [2.24, 2.45) is 0 Å². The number of hydrogen-bond acceptors (Lipinski definition) is 6. The Morgan fingerprint density at radius 2 is 1.91 bits per heavy atom. The maximum atomic E-state index is 12.9. The molecule has 2 aromatic carbocycles. The van der Waals surface area contributed by atoms with Crippen LogP contribution in [0.25, 0.3) is 23.0 Å². The molecule has 1 amide bonds. The van der Waals surface area contributed by atoms with E-state index in [0.29, 0.717) is 34.1 Å². The number of alkyl halides is 3. The summed E-state index contributed by atoms with van der Waals surface area (Å²) < 4.78 is 56.3. The number of ether oxygens (including phenoxy) is 2. The molecule has 1 aliphatic heterocycles. The maximum Gasteiger partial charge on any atom is 0.416 e. The SMILES string of the molecule is O=C(Cn1cccc1-c1nc(-c2ccc3c(c2)OCO3)no1)NCc1cccc(C(F)(F)F)c1. The predicted molar refractivity (Wildman–Crippen MR) is 113 cm³/mol. The van der Waals surface area contributed by atoms with Gasteiger partial charge in [0.25, 0.3) is 5.89 Å². The number of halogens is 3. The van der Waals surface area contributed by atoms with Gasteiger partial charge in [-0.3, -0.25) is 4.79 Å². The Bertz CT molecular complexity index is 1350. The Labute approximate surface area is 190 Å². The van der Waals surface area contributed by atoms with E-state index in [1.807, 2.05) is 0 Å². The summed E-state index contributed by atoms with van der Waals surface area (Å²) in [6.07, 6.45) is -2.77. The lowest BCUT2D eigenvalue weighted by Gasteiger charge is -2.10. The van der Waals surface area contributed by atoms with Crippen LogP contribution in [0.3, 0.4) is 0 Å². The minimum atomic E-state index is -4.44. The number of amides is 1. The fourth-order valence-electron chi connectivity index (χ4n) is 3.50. The third kappa shape index (κ3) is 4.45. The van der Waals surface area contributed by atoms with Crippen molar-refractivity contribution in [1.82, 2.24) is 20.0 Å². The topological polar surface area (TPSA) is 91.4 Å². The molecular weight excluding hydrogens is 453 g/mol. The molecule has 34 heavy (non-hydrogen) atoms. The highest BCUT2D eigenvalue weighted by Gasteiger charge is 2.30. The van der Waals surface area contributed by atoms with Crippen LogP contribution in [0.4, 0.5) is 13.2 Å². The van der Waals surface area contributed by atoms with Gasteiger partial charge in [-0.1, -0.05) is 17.3 Å². The van der Waals surface area contributed by atoms with Gasteiger partial charge in [-0.2, -0.15) is 18.2 Å². The molecule has 1 N–H and O–H groups in total. The monoisotopic (exact) mass is 470 g/mol. The summed E-state index contributed by atoms with van der Waals surface area (Å²) in [6.45, 7) is 0.0385. The van der Waals surface area contributed by atoms with Gasteiger partial charge in [0.05, 0.1) is 5.56 Å². The van der Waals surface area contributed by atoms with Crippen LogP contribution >= 0.6 is 0 Å². The Hall–Kier alpha value is -4.28. The lowest BCUT2D eigenvalue weighted by Crippen LogP contribution is -2.27. The average Bonchev–Trinajstić information content (AvgIpc) is 3.57. The van der Waals surface area contributed by atoms with Crippen molar-refractivity contribution in [2.45, 2.75) is 19.3 Å². The first-order valence-corrected chi connectivity index (χ1v) is 10.2. The highest BCUT2D eigenvalue weighted by atomic mass is 19.4. The van der Waals surface area contributed by atoms with Crippen LogP contribution < -0.4 is 14.8 Å². The van der Waals surface area contributed by atoms with Crippen molar-refractivity contribution in [3.05, 3.63) is 71.9 Å². The van der Waals surface area contributed by atoms with E-state index in [4.69, 9.17) is 14.0 Å². The highest BCUT2D eigenvalue weighted by molar-refractivity contribution is 5.76. The van der Waals surface area contributed by atoms with Gasteiger partial charge in [0.15, 0.2) is 11.5 Å². The smallest absolute Gasteiger partial charge is 0.416 e. The van der Waals surface area contributed by atoms with Crippen molar-refractivity contribution in [3.63, 3.8) is 0 Å². The van der Waals surface area contributed by atoms with Gasteiger partial charge in [-0.25, -0.2) is 0 Å². The molecule has 0 aliphatic carbocycles. The van der Waals surface area contributed by atoms with Crippen LogP contribution in [0.2, 0.25) is 0 Å². The van der Waals surface area contributed by atoms with Gasteiger partial charge < -0.3 is 23.9 Å². The fourth-order valence-corrected chi connectivity index (χ4v) is 3.50. The molecule has 0 spiro atoms. The molecule has 2 aromatic heterocycles. The molecule has 0 fully saturated rings. The number of rotatable bonds is 6. The zero-order chi connectivity index (χ0) is 23.7. The Balaban J connectivity index is 1.26. The zero-order valence-electron chi connectivity index (χ0n) is 17.5. The summed E-state index contributed by atoms with van der Waals surface area (Å²) in [5.74, 6) is 1.39.